The Hall–Kier alpha value is -2.74. The fourth-order valence-corrected chi connectivity index (χ4v) is 4.20. The number of aromatic nitrogens is 1. The first kappa shape index (κ1) is 21.5. The SMILES string of the molecule is Cc1cccc2cc(CN(CC[NH+]3CCOCC3)C(=S)Nc3ccccc3)c(=O)[nH]c12. The maximum absolute atomic E-state index is 12.8. The molecule has 1 aliphatic heterocycles. The van der Waals surface area contributed by atoms with E-state index in [1.807, 2.05) is 61.5 Å². The van der Waals surface area contributed by atoms with E-state index in [4.69, 9.17) is 17.0 Å². The van der Waals surface area contributed by atoms with E-state index in [0.29, 0.717) is 17.2 Å². The lowest BCUT2D eigenvalue weighted by Gasteiger charge is -2.29. The number of hydrogen-bond donors (Lipinski definition) is 3. The van der Waals surface area contributed by atoms with Crippen molar-refractivity contribution in [3.63, 3.8) is 0 Å². The van der Waals surface area contributed by atoms with Gasteiger partial charge in [0.25, 0.3) is 5.56 Å². The third kappa shape index (κ3) is 5.50. The van der Waals surface area contributed by atoms with Crippen LogP contribution in [0.2, 0.25) is 0 Å². The number of nitrogens with zero attached hydrogens (tertiary/aromatic N) is 1. The van der Waals surface area contributed by atoms with Crippen LogP contribution in [0.5, 0.6) is 0 Å². The van der Waals surface area contributed by atoms with Crippen LogP contribution in [0.15, 0.2) is 59.4 Å². The molecule has 4 rings (SSSR count). The molecule has 3 aromatic rings. The van der Waals surface area contributed by atoms with Crippen molar-refractivity contribution in [1.29, 1.82) is 0 Å². The molecule has 0 amide bonds. The Morgan fingerprint density at radius 3 is 2.71 bits per heavy atom. The molecule has 0 spiro atoms. The van der Waals surface area contributed by atoms with Gasteiger partial charge < -0.3 is 24.8 Å². The van der Waals surface area contributed by atoms with Gasteiger partial charge in [-0.3, -0.25) is 4.79 Å². The highest BCUT2D eigenvalue weighted by Crippen LogP contribution is 2.16. The summed E-state index contributed by atoms with van der Waals surface area (Å²) in [5.74, 6) is 0. The average Bonchev–Trinajstić information content (AvgIpc) is 2.79. The van der Waals surface area contributed by atoms with E-state index in [9.17, 15) is 4.79 Å². The second-order valence-corrected chi connectivity index (χ2v) is 8.38. The number of pyridine rings is 1. The van der Waals surface area contributed by atoms with E-state index in [-0.39, 0.29) is 5.56 Å². The molecule has 3 N–H and O–H groups in total. The number of aryl methyl sites for hydroxylation is 1. The van der Waals surface area contributed by atoms with Crippen molar-refractivity contribution in [1.82, 2.24) is 9.88 Å². The highest BCUT2D eigenvalue weighted by molar-refractivity contribution is 7.80. The Bertz CT molecular complexity index is 1090. The Labute approximate surface area is 187 Å². The number of H-pyrrole nitrogens is 1. The largest absolute Gasteiger partial charge is 0.370 e. The van der Waals surface area contributed by atoms with Crippen molar-refractivity contribution in [3.8, 4) is 0 Å². The first-order valence-electron chi connectivity index (χ1n) is 10.7. The molecule has 0 saturated carbocycles. The molecule has 0 aliphatic carbocycles. The smallest absolute Gasteiger partial charge is 0.253 e. The van der Waals surface area contributed by atoms with E-state index in [0.717, 1.165) is 61.5 Å². The molecule has 1 aromatic heterocycles. The molecule has 31 heavy (non-hydrogen) atoms. The maximum atomic E-state index is 12.8. The zero-order valence-electron chi connectivity index (χ0n) is 17.8. The zero-order chi connectivity index (χ0) is 21.6. The van der Waals surface area contributed by atoms with E-state index in [1.165, 1.54) is 4.90 Å². The first-order valence-corrected chi connectivity index (χ1v) is 11.1. The Kier molecular flexibility index (Phi) is 6.96. The lowest BCUT2D eigenvalue weighted by atomic mass is 10.1. The predicted octanol–water partition coefficient (Wildman–Crippen LogP) is 1.95. The van der Waals surface area contributed by atoms with Gasteiger partial charge in [0, 0.05) is 11.3 Å². The Morgan fingerprint density at radius 1 is 1.16 bits per heavy atom. The number of quaternary nitrogens is 1. The number of thiocarbonyl (C=S) groups is 1. The third-order valence-electron chi connectivity index (χ3n) is 5.77. The molecule has 1 saturated heterocycles. The van der Waals surface area contributed by atoms with Gasteiger partial charge in [-0.1, -0.05) is 36.4 Å². The zero-order valence-corrected chi connectivity index (χ0v) is 18.6. The van der Waals surface area contributed by atoms with Crippen molar-refractivity contribution in [2.75, 3.05) is 44.7 Å². The molecule has 7 heteroatoms. The number of nitrogens with one attached hydrogen (secondary N) is 3. The van der Waals surface area contributed by atoms with Gasteiger partial charge in [0.1, 0.15) is 13.1 Å². The fraction of sp³-hybridized carbons (Fsp3) is 0.333. The minimum Gasteiger partial charge on any atom is -0.370 e. The number of benzene rings is 2. The van der Waals surface area contributed by atoms with E-state index >= 15 is 0 Å². The molecular formula is C24H29N4O2S+. The normalized spacial score (nSPS) is 14.5. The number of rotatable bonds is 6. The highest BCUT2D eigenvalue weighted by atomic mass is 32.1. The van der Waals surface area contributed by atoms with Crippen LogP contribution in [0.3, 0.4) is 0 Å². The van der Waals surface area contributed by atoms with E-state index < -0.39 is 0 Å². The molecule has 1 fully saturated rings. The summed E-state index contributed by atoms with van der Waals surface area (Å²) < 4.78 is 5.48. The Morgan fingerprint density at radius 2 is 1.94 bits per heavy atom. The molecule has 0 atom stereocenters. The number of morpholine rings is 1. The van der Waals surface area contributed by atoms with Gasteiger partial charge in [0.15, 0.2) is 5.11 Å². The maximum Gasteiger partial charge on any atom is 0.253 e. The van der Waals surface area contributed by atoms with Crippen LogP contribution in [0.25, 0.3) is 10.9 Å². The molecule has 2 heterocycles. The molecule has 0 unspecified atom stereocenters. The number of hydrogen-bond acceptors (Lipinski definition) is 3. The number of anilines is 1. The quantitative estimate of drug-likeness (QED) is 0.515. The van der Waals surface area contributed by atoms with Crippen LogP contribution < -0.4 is 15.8 Å². The molecule has 1 aliphatic rings. The Balaban J connectivity index is 1.55. The second kappa shape index (κ2) is 10.0. The lowest BCUT2D eigenvalue weighted by Crippen LogP contribution is -3.14. The summed E-state index contributed by atoms with van der Waals surface area (Å²) in [5, 5.41) is 4.99. The van der Waals surface area contributed by atoms with Gasteiger partial charge in [-0.25, -0.2) is 0 Å². The topological polar surface area (TPSA) is 61.8 Å². The van der Waals surface area contributed by atoms with E-state index in [1.54, 1.807) is 0 Å². The molecular weight excluding hydrogens is 408 g/mol. The summed E-state index contributed by atoms with van der Waals surface area (Å²) >= 11 is 5.75. The molecule has 2 aromatic carbocycles. The van der Waals surface area contributed by atoms with Crippen LogP contribution in [0.1, 0.15) is 11.1 Å². The fourth-order valence-electron chi connectivity index (χ4n) is 3.93. The number of ether oxygens (including phenoxy) is 1. The van der Waals surface area contributed by atoms with Gasteiger partial charge in [-0.05, 0) is 48.3 Å². The standard InChI is InChI=1S/C24H28N4O2S/c1-18-6-5-7-19-16-20(23(29)26-22(18)19)17-28(11-10-27-12-14-30-15-13-27)24(31)25-21-8-3-2-4-9-21/h2-9,16H,10-15,17H2,1H3,(H,25,31)(H,26,29)/p+1. The van der Waals surface area contributed by atoms with Gasteiger partial charge in [0.05, 0.1) is 38.4 Å². The van der Waals surface area contributed by atoms with Gasteiger partial charge in [0.2, 0.25) is 0 Å². The van der Waals surface area contributed by atoms with Gasteiger partial charge >= 0.3 is 0 Å². The predicted molar refractivity (Wildman–Crippen MR) is 129 cm³/mol. The van der Waals surface area contributed by atoms with Crippen LogP contribution in [0.4, 0.5) is 5.69 Å². The van der Waals surface area contributed by atoms with Crippen LogP contribution in [-0.2, 0) is 11.3 Å². The van der Waals surface area contributed by atoms with E-state index in [2.05, 4.69) is 15.2 Å². The average molecular weight is 438 g/mol. The van der Waals surface area contributed by atoms with Gasteiger partial charge in [-0.15, -0.1) is 0 Å². The minimum atomic E-state index is -0.0620. The molecule has 162 valence electrons. The molecule has 6 nitrogen and oxygen atoms in total. The lowest BCUT2D eigenvalue weighted by molar-refractivity contribution is -0.907. The molecule has 0 radical (unpaired) electrons. The van der Waals surface area contributed by atoms with Crippen molar-refractivity contribution in [2.24, 2.45) is 0 Å². The van der Waals surface area contributed by atoms with Crippen molar-refractivity contribution in [3.05, 3.63) is 76.1 Å². The minimum absolute atomic E-state index is 0.0620. The van der Waals surface area contributed by atoms with Crippen LogP contribution >= 0.6 is 12.2 Å². The highest BCUT2D eigenvalue weighted by Gasteiger charge is 2.19. The van der Waals surface area contributed by atoms with Crippen LogP contribution in [0, 0.1) is 6.92 Å². The monoisotopic (exact) mass is 437 g/mol. The summed E-state index contributed by atoms with van der Waals surface area (Å²) in [4.78, 5) is 19.5. The second-order valence-electron chi connectivity index (χ2n) is 7.99. The van der Waals surface area contributed by atoms with Crippen LogP contribution in [-0.4, -0.2) is 54.4 Å². The number of fused-ring (bicyclic) bond motifs is 1. The molecule has 0 bridgehead atoms. The summed E-state index contributed by atoms with van der Waals surface area (Å²) in [5.41, 5.74) is 3.56. The van der Waals surface area contributed by atoms with Crippen molar-refractivity contribution in [2.45, 2.75) is 13.5 Å². The first-order chi connectivity index (χ1) is 15.1. The van der Waals surface area contributed by atoms with Gasteiger partial charge in [-0.2, -0.15) is 0 Å². The summed E-state index contributed by atoms with van der Waals surface area (Å²) in [6.45, 7) is 7.78. The number of aromatic amines is 1. The van der Waals surface area contributed by atoms with Crippen molar-refractivity contribution >= 4 is 33.9 Å². The summed E-state index contributed by atoms with van der Waals surface area (Å²) in [7, 11) is 0. The van der Waals surface area contributed by atoms with Crippen molar-refractivity contribution < 1.29 is 9.64 Å². The summed E-state index contributed by atoms with van der Waals surface area (Å²) in [6.07, 6.45) is 0. The third-order valence-corrected chi connectivity index (χ3v) is 6.13. The summed E-state index contributed by atoms with van der Waals surface area (Å²) in [6, 6.07) is 17.9. The number of para-hydroxylation sites is 2.